The third kappa shape index (κ3) is 3.95. The first kappa shape index (κ1) is 21.2. The number of nitrogens with two attached hydrogens (primary N) is 1. The molecule has 2 N–H and O–H groups in total. The third-order valence-corrected chi connectivity index (χ3v) is 5.08. The van der Waals surface area contributed by atoms with Crippen molar-refractivity contribution in [3.8, 4) is 0 Å². The molecular formula is C19H12ClFN2O6S. The summed E-state index contributed by atoms with van der Waals surface area (Å²) in [6.07, 6.45) is 1.63. The van der Waals surface area contributed by atoms with Gasteiger partial charge in [-0.25, -0.2) is 23.7 Å². The number of thiophene rings is 1. The third-order valence-electron chi connectivity index (χ3n) is 3.92. The van der Waals surface area contributed by atoms with Crippen LogP contribution in [0.5, 0.6) is 0 Å². The van der Waals surface area contributed by atoms with Crippen molar-refractivity contribution in [2.75, 3.05) is 12.0 Å². The molecule has 0 bridgehead atoms. The number of hydrogen-bond donors (Lipinski definition) is 1. The van der Waals surface area contributed by atoms with Crippen molar-refractivity contribution in [3.63, 3.8) is 0 Å². The van der Waals surface area contributed by atoms with Crippen LogP contribution in [0, 0.1) is 5.82 Å². The van der Waals surface area contributed by atoms with E-state index in [-0.39, 0.29) is 27.6 Å². The first-order chi connectivity index (χ1) is 14.2. The van der Waals surface area contributed by atoms with E-state index in [1.54, 1.807) is 17.5 Å². The monoisotopic (exact) mass is 450 g/mol. The van der Waals surface area contributed by atoms with E-state index in [1.807, 2.05) is 0 Å². The van der Waals surface area contributed by atoms with E-state index in [0.29, 0.717) is 9.78 Å². The molecule has 0 aliphatic carbocycles. The van der Waals surface area contributed by atoms with Crippen molar-refractivity contribution in [1.29, 1.82) is 0 Å². The van der Waals surface area contributed by atoms with Gasteiger partial charge in [0.05, 0.1) is 28.3 Å². The Morgan fingerprint density at radius 1 is 1.23 bits per heavy atom. The number of methoxy groups -OCH3 is 1. The van der Waals surface area contributed by atoms with Crippen LogP contribution in [0.25, 0.3) is 11.3 Å². The molecule has 2 aromatic rings. The lowest BCUT2D eigenvalue weighted by atomic mass is 10.0. The maximum atomic E-state index is 14.2. The number of esters is 2. The maximum absolute atomic E-state index is 14.2. The van der Waals surface area contributed by atoms with Gasteiger partial charge in [-0.2, -0.15) is 0 Å². The van der Waals surface area contributed by atoms with Gasteiger partial charge in [0.15, 0.2) is 5.76 Å². The van der Waals surface area contributed by atoms with E-state index in [4.69, 9.17) is 22.1 Å². The number of urea groups is 1. The standard InChI is InChI=1S/C19H12ClFN2O6S/c1-28-14(24)4-5-15(25)29-17(13-3-2-6-30-13)16-9-7-11(21)10(20)8-12(9)23(18(16)26)19(22)27/h2-8H,1H3,(H2,22,27). The van der Waals surface area contributed by atoms with Crippen LogP contribution in [0.4, 0.5) is 14.9 Å². The lowest BCUT2D eigenvalue weighted by Crippen LogP contribution is -2.38. The number of hydrogen-bond acceptors (Lipinski definition) is 7. The molecule has 0 fully saturated rings. The number of primary amides is 1. The number of fused-ring (bicyclic) bond motifs is 1. The normalized spacial score (nSPS) is 14.6. The Balaban J connectivity index is 2.20. The fourth-order valence-corrected chi connectivity index (χ4v) is 3.54. The van der Waals surface area contributed by atoms with Gasteiger partial charge >= 0.3 is 18.0 Å². The van der Waals surface area contributed by atoms with Gasteiger partial charge in [-0.1, -0.05) is 17.7 Å². The molecule has 0 radical (unpaired) electrons. The fourth-order valence-electron chi connectivity index (χ4n) is 2.67. The number of imide groups is 1. The van der Waals surface area contributed by atoms with Crippen molar-refractivity contribution in [1.82, 2.24) is 0 Å². The lowest BCUT2D eigenvalue weighted by Gasteiger charge is -2.12. The summed E-state index contributed by atoms with van der Waals surface area (Å²) in [6, 6.07) is 4.08. The molecule has 154 valence electrons. The number of ether oxygens (including phenoxy) is 2. The number of halogens is 2. The summed E-state index contributed by atoms with van der Waals surface area (Å²) < 4.78 is 23.8. The lowest BCUT2D eigenvalue weighted by molar-refractivity contribution is -0.136. The van der Waals surface area contributed by atoms with E-state index < -0.39 is 29.7 Å². The highest BCUT2D eigenvalue weighted by molar-refractivity contribution is 7.11. The average Bonchev–Trinajstić information content (AvgIpc) is 3.31. The molecule has 3 amide bonds. The highest BCUT2D eigenvalue weighted by Crippen LogP contribution is 2.43. The van der Waals surface area contributed by atoms with Gasteiger partial charge < -0.3 is 15.2 Å². The summed E-state index contributed by atoms with van der Waals surface area (Å²) in [4.78, 5) is 49.2. The van der Waals surface area contributed by atoms with Crippen molar-refractivity contribution >= 4 is 63.8 Å². The van der Waals surface area contributed by atoms with Crippen molar-refractivity contribution in [2.24, 2.45) is 5.73 Å². The smallest absolute Gasteiger partial charge is 0.336 e. The van der Waals surface area contributed by atoms with Crippen LogP contribution in [0.3, 0.4) is 0 Å². The molecular weight excluding hydrogens is 439 g/mol. The quantitative estimate of drug-likeness (QED) is 0.434. The summed E-state index contributed by atoms with van der Waals surface area (Å²) in [5.74, 6) is -3.81. The Labute approximate surface area is 177 Å². The van der Waals surface area contributed by atoms with Crippen LogP contribution in [0.1, 0.15) is 10.4 Å². The Bertz CT molecular complexity index is 1130. The predicted molar refractivity (Wildman–Crippen MR) is 107 cm³/mol. The molecule has 0 saturated heterocycles. The second kappa shape index (κ2) is 8.47. The summed E-state index contributed by atoms with van der Waals surface area (Å²) >= 11 is 6.91. The number of carbonyl (C=O) groups excluding carboxylic acids is 4. The summed E-state index contributed by atoms with van der Waals surface area (Å²) in [7, 11) is 1.13. The summed E-state index contributed by atoms with van der Waals surface area (Å²) in [5.41, 5.74) is 4.96. The molecule has 0 atom stereocenters. The van der Waals surface area contributed by atoms with Gasteiger partial charge in [0.25, 0.3) is 5.91 Å². The van der Waals surface area contributed by atoms with Gasteiger partial charge in [0.2, 0.25) is 0 Å². The molecule has 0 spiro atoms. The average molecular weight is 451 g/mol. The van der Waals surface area contributed by atoms with Gasteiger partial charge in [-0.05, 0) is 23.6 Å². The zero-order valence-corrected chi connectivity index (χ0v) is 16.8. The fraction of sp³-hybridized carbons (Fsp3) is 0.0526. The van der Waals surface area contributed by atoms with Crippen LogP contribution in [-0.2, 0) is 23.9 Å². The van der Waals surface area contributed by atoms with Crippen molar-refractivity contribution < 1.29 is 33.0 Å². The minimum absolute atomic E-state index is 0.0335. The minimum Gasteiger partial charge on any atom is -0.466 e. The Morgan fingerprint density at radius 2 is 1.93 bits per heavy atom. The highest BCUT2D eigenvalue weighted by Gasteiger charge is 2.40. The molecule has 30 heavy (non-hydrogen) atoms. The van der Waals surface area contributed by atoms with Gasteiger partial charge in [0.1, 0.15) is 5.82 Å². The number of carbonyl (C=O) groups is 4. The second-order valence-corrected chi connectivity index (χ2v) is 7.08. The zero-order chi connectivity index (χ0) is 22.0. The molecule has 2 heterocycles. The minimum atomic E-state index is -1.12. The Hall–Kier alpha value is -3.50. The van der Waals surface area contributed by atoms with Gasteiger partial charge in [-0.3, -0.25) is 4.79 Å². The largest absolute Gasteiger partial charge is 0.466 e. The van der Waals surface area contributed by atoms with Gasteiger partial charge in [0, 0.05) is 17.7 Å². The topological polar surface area (TPSA) is 116 Å². The van der Waals surface area contributed by atoms with Crippen molar-refractivity contribution in [3.05, 3.63) is 63.1 Å². The predicted octanol–water partition coefficient (Wildman–Crippen LogP) is 3.11. The molecule has 1 aromatic carbocycles. The number of nitrogens with zero attached hydrogens (tertiary/aromatic N) is 1. The number of anilines is 1. The molecule has 0 saturated carbocycles. The van der Waals surface area contributed by atoms with E-state index in [9.17, 15) is 23.6 Å². The Kier molecular flexibility index (Phi) is 5.99. The van der Waals surface area contributed by atoms with E-state index in [0.717, 1.165) is 42.7 Å². The molecule has 0 unspecified atom stereocenters. The SMILES string of the molecule is COC(=O)C=CC(=O)OC(=C1C(=O)N(C(N)=O)c2cc(Cl)c(F)cc21)c1cccs1. The molecule has 1 aliphatic heterocycles. The second-order valence-electron chi connectivity index (χ2n) is 5.72. The Morgan fingerprint density at radius 3 is 2.53 bits per heavy atom. The van der Waals surface area contributed by atoms with Crippen molar-refractivity contribution in [2.45, 2.75) is 0 Å². The molecule has 1 aliphatic rings. The molecule has 11 heteroatoms. The van der Waals surface area contributed by atoms with Crippen LogP contribution in [0.2, 0.25) is 5.02 Å². The maximum Gasteiger partial charge on any atom is 0.336 e. The number of benzene rings is 1. The zero-order valence-electron chi connectivity index (χ0n) is 15.2. The molecule has 1 aromatic heterocycles. The van der Waals surface area contributed by atoms with E-state index in [2.05, 4.69) is 4.74 Å². The van der Waals surface area contributed by atoms with Gasteiger partial charge in [-0.15, -0.1) is 11.3 Å². The van der Waals surface area contributed by atoms with Crippen LogP contribution >= 0.6 is 22.9 Å². The van der Waals surface area contributed by atoms with E-state index in [1.165, 1.54) is 0 Å². The van der Waals surface area contributed by atoms with Crippen LogP contribution < -0.4 is 10.6 Å². The molecule has 8 nitrogen and oxygen atoms in total. The summed E-state index contributed by atoms with van der Waals surface area (Å²) in [6.45, 7) is 0. The number of rotatable bonds is 4. The van der Waals surface area contributed by atoms with Crippen LogP contribution in [0.15, 0.2) is 41.8 Å². The van der Waals surface area contributed by atoms with E-state index >= 15 is 0 Å². The highest BCUT2D eigenvalue weighted by atomic mass is 35.5. The first-order valence-corrected chi connectivity index (χ1v) is 9.39. The molecule has 3 rings (SSSR count). The number of amides is 3. The van der Waals surface area contributed by atoms with Crippen LogP contribution in [-0.4, -0.2) is 31.0 Å². The summed E-state index contributed by atoms with van der Waals surface area (Å²) in [5, 5.41) is 1.33. The first-order valence-electron chi connectivity index (χ1n) is 8.14.